The summed E-state index contributed by atoms with van der Waals surface area (Å²) in [4.78, 5) is 35.3. The summed E-state index contributed by atoms with van der Waals surface area (Å²) in [6.07, 6.45) is 2.00. The number of carbonyl (C=O) groups is 3. The first-order chi connectivity index (χ1) is 13.4. The summed E-state index contributed by atoms with van der Waals surface area (Å²) in [6.45, 7) is 1.22. The van der Waals surface area contributed by atoms with Crippen LogP contribution in [0.4, 0.5) is 21.5 Å². The molecule has 0 atom stereocenters. The summed E-state index contributed by atoms with van der Waals surface area (Å²) < 4.78 is 13.6. The molecule has 2 aromatic carbocycles. The summed E-state index contributed by atoms with van der Waals surface area (Å²) in [6, 6.07) is 11.0. The third kappa shape index (κ3) is 5.54. The van der Waals surface area contributed by atoms with Crippen molar-refractivity contribution in [1.82, 2.24) is 5.32 Å². The molecule has 4 N–H and O–H groups in total. The SMILES string of the molecule is CC(=O)Nc1cc(NCC(=O)Nc2cccc(C(=O)NC3CC3)c2)ccc1F. The van der Waals surface area contributed by atoms with Gasteiger partial charge in [0.05, 0.1) is 12.2 Å². The molecule has 1 aliphatic rings. The average Bonchev–Trinajstić information content (AvgIpc) is 3.46. The van der Waals surface area contributed by atoms with Crippen LogP contribution in [0.2, 0.25) is 0 Å². The largest absolute Gasteiger partial charge is 0.376 e. The first kappa shape index (κ1) is 19.3. The van der Waals surface area contributed by atoms with Gasteiger partial charge in [-0.3, -0.25) is 14.4 Å². The van der Waals surface area contributed by atoms with E-state index in [4.69, 9.17) is 0 Å². The number of carbonyl (C=O) groups excluding carboxylic acids is 3. The number of halogens is 1. The van der Waals surface area contributed by atoms with Crippen molar-refractivity contribution in [2.45, 2.75) is 25.8 Å². The quantitative estimate of drug-likeness (QED) is 0.590. The normalized spacial score (nSPS) is 12.8. The average molecular weight is 384 g/mol. The zero-order chi connectivity index (χ0) is 20.1. The second-order valence-electron chi connectivity index (χ2n) is 6.61. The van der Waals surface area contributed by atoms with Crippen LogP contribution in [0.25, 0.3) is 0 Å². The van der Waals surface area contributed by atoms with Crippen molar-refractivity contribution in [3.05, 3.63) is 53.8 Å². The molecule has 0 saturated heterocycles. The minimum Gasteiger partial charge on any atom is -0.376 e. The Labute approximate surface area is 161 Å². The van der Waals surface area contributed by atoms with E-state index in [1.54, 1.807) is 24.3 Å². The molecule has 28 heavy (non-hydrogen) atoms. The molecule has 0 spiro atoms. The van der Waals surface area contributed by atoms with Gasteiger partial charge in [0.15, 0.2) is 0 Å². The van der Waals surface area contributed by atoms with Crippen LogP contribution in [0.3, 0.4) is 0 Å². The van der Waals surface area contributed by atoms with E-state index >= 15 is 0 Å². The van der Waals surface area contributed by atoms with E-state index < -0.39 is 5.82 Å². The lowest BCUT2D eigenvalue weighted by Gasteiger charge is -2.11. The van der Waals surface area contributed by atoms with Crippen molar-refractivity contribution in [1.29, 1.82) is 0 Å². The number of anilines is 3. The molecule has 3 rings (SSSR count). The lowest BCUT2D eigenvalue weighted by atomic mass is 10.2. The van der Waals surface area contributed by atoms with Crippen molar-refractivity contribution in [2.75, 3.05) is 22.5 Å². The number of amides is 3. The molecule has 1 aliphatic carbocycles. The van der Waals surface area contributed by atoms with Gasteiger partial charge < -0.3 is 21.3 Å². The number of hydrogen-bond donors (Lipinski definition) is 4. The van der Waals surface area contributed by atoms with Gasteiger partial charge in [0.2, 0.25) is 11.8 Å². The van der Waals surface area contributed by atoms with Gasteiger partial charge in [-0.2, -0.15) is 0 Å². The molecule has 1 saturated carbocycles. The molecule has 1 fully saturated rings. The molecule has 146 valence electrons. The van der Waals surface area contributed by atoms with Gasteiger partial charge in [-0.25, -0.2) is 4.39 Å². The van der Waals surface area contributed by atoms with Crippen LogP contribution in [0.5, 0.6) is 0 Å². The monoisotopic (exact) mass is 384 g/mol. The van der Waals surface area contributed by atoms with Crippen LogP contribution in [-0.4, -0.2) is 30.3 Å². The van der Waals surface area contributed by atoms with Gasteiger partial charge in [-0.05, 0) is 49.2 Å². The van der Waals surface area contributed by atoms with E-state index in [2.05, 4.69) is 21.3 Å². The van der Waals surface area contributed by atoms with E-state index in [9.17, 15) is 18.8 Å². The summed E-state index contributed by atoms with van der Waals surface area (Å²) in [7, 11) is 0. The van der Waals surface area contributed by atoms with Crippen LogP contribution < -0.4 is 21.3 Å². The topological polar surface area (TPSA) is 99.3 Å². The number of hydrogen-bond acceptors (Lipinski definition) is 4. The Morgan fingerprint density at radius 2 is 1.82 bits per heavy atom. The molecule has 0 aliphatic heterocycles. The smallest absolute Gasteiger partial charge is 0.251 e. The zero-order valence-corrected chi connectivity index (χ0v) is 15.3. The Morgan fingerprint density at radius 1 is 1.04 bits per heavy atom. The first-order valence-electron chi connectivity index (χ1n) is 8.92. The molecular weight excluding hydrogens is 363 g/mol. The number of nitrogens with one attached hydrogen (secondary N) is 4. The lowest BCUT2D eigenvalue weighted by molar-refractivity contribution is -0.115. The fourth-order valence-electron chi connectivity index (χ4n) is 2.54. The standard InChI is InChI=1S/C20H21FN4O3/c1-12(26)23-18-10-15(7-8-17(18)21)22-11-19(27)24-16-4-2-3-13(9-16)20(28)25-14-5-6-14/h2-4,7-10,14,22H,5-6,11H2,1H3,(H,23,26)(H,24,27)(H,25,28). The van der Waals surface area contributed by atoms with Crippen LogP contribution in [0.1, 0.15) is 30.1 Å². The second-order valence-corrected chi connectivity index (χ2v) is 6.61. The Bertz CT molecular complexity index is 912. The highest BCUT2D eigenvalue weighted by molar-refractivity contribution is 5.98. The fraction of sp³-hybridized carbons (Fsp3) is 0.250. The predicted molar refractivity (Wildman–Crippen MR) is 105 cm³/mol. The Kier molecular flexibility index (Phi) is 5.88. The van der Waals surface area contributed by atoms with E-state index in [0.29, 0.717) is 16.9 Å². The molecule has 0 heterocycles. The summed E-state index contributed by atoms with van der Waals surface area (Å²) in [5, 5.41) is 10.9. The van der Waals surface area contributed by atoms with E-state index in [1.165, 1.54) is 25.1 Å². The van der Waals surface area contributed by atoms with Crippen LogP contribution in [0.15, 0.2) is 42.5 Å². The second kappa shape index (κ2) is 8.51. The molecule has 2 aromatic rings. The van der Waals surface area contributed by atoms with Gasteiger partial charge in [0, 0.05) is 29.9 Å². The third-order valence-electron chi connectivity index (χ3n) is 4.05. The molecule has 0 aromatic heterocycles. The van der Waals surface area contributed by atoms with Crippen molar-refractivity contribution < 1.29 is 18.8 Å². The van der Waals surface area contributed by atoms with Crippen LogP contribution in [0, 0.1) is 5.82 Å². The highest BCUT2D eigenvalue weighted by Gasteiger charge is 2.23. The van der Waals surface area contributed by atoms with E-state index in [-0.39, 0.29) is 36.0 Å². The van der Waals surface area contributed by atoms with Crippen LogP contribution in [-0.2, 0) is 9.59 Å². The van der Waals surface area contributed by atoms with Gasteiger partial charge in [-0.15, -0.1) is 0 Å². The summed E-state index contributed by atoms with van der Waals surface area (Å²) in [5.74, 6) is -1.44. The van der Waals surface area contributed by atoms with Gasteiger partial charge in [0.1, 0.15) is 5.82 Å². The zero-order valence-electron chi connectivity index (χ0n) is 15.3. The lowest BCUT2D eigenvalue weighted by Crippen LogP contribution is -2.26. The van der Waals surface area contributed by atoms with Gasteiger partial charge in [-0.1, -0.05) is 6.07 Å². The minimum absolute atomic E-state index is 0.0345. The van der Waals surface area contributed by atoms with Crippen molar-refractivity contribution in [3.63, 3.8) is 0 Å². The highest BCUT2D eigenvalue weighted by Crippen LogP contribution is 2.21. The maximum atomic E-state index is 13.6. The summed E-state index contributed by atoms with van der Waals surface area (Å²) >= 11 is 0. The Morgan fingerprint density at radius 3 is 2.54 bits per heavy atom. The summed E-state index contributed by atoms with van der Waals surface area (Å²) in [5.41, 5.74) is 1.51. The maximum Gasteiger partial charge on any atom is 0.251 e. The first-order valence-corrected chi connectivity index (χ1v) is 8.92. The molecule has 0 bridgehead atoms. The van der Waals surface area contributed by atoms with Crippen LogP contribution >= 0.6 is 0 Å². The molecule has 7 nitrogen and oxygen atoms in total. The van der Waals surface area contributed by atoms with E-state index in [0.717, 1.165) is 12.8 Å². The maximum absolute atomic E-state index is 13.6. The molecule has 8 heteroatoms. The predicted octanol–water partition coefficient (Wildman–Crippen LogP) is 2.73. The molecule has 3 amide bonds. The van der Waals surface area contributed by atoms with Crippen molar-refractivity contribution >= 4 is 34.8 Å². The highest BCUT2D eigenvalue weighted by atomic mass is 19.1. The minimum atomic E-state index is -0.563. The number of rotatable bonds is 7. The molecular formula is C20H21FN4O3. The van der Waals surface area contributed by atoms with Crippen molar-refractivity contribution in [2.24, 2.45) is 0 Å². The third-order valence-corrected chi connectivity index (χ3v) is 4.05. The Hall–Kier alpha value is -3.42. The van der Waals surface area contributed by atoms with Crippen molar-refractivity contribution in [3.8, 4) is 0 Å². The fourth-order valence-corrected chi connectivity index (χ4v) is 2.54. The van der Waals surface area contributed by atoms with Gasteiger partial charge in [0.25, 0.3) is 5.91 Å². The molecule has 0 radical (unpaired) electrons. The Balaban J connectivity index is 1.55. The molecule has 0 unspecified atom stereocenters. The van der Waals surface area contributed by atoms with E-state index in [1.807, 2.05) is 0 Å². The van der Waals surface area contributed by atoms with Gasteiger partial charge >= 0.3 is 0 Å². The number of benzene rings is 2.